The maximum absolute atomic E-state index is 12.7. The molecular formula is C18H30ClN3O3S. The molecule has 1 aromatic rings. The average molecular weight is 404 g/mol. The molecule has 148 valence electrons. The quantitative estimate of drug-likeness (QED) is 0.762. The summed E-state index contributed by atoms with van der Waals surface area (Å²) in [7, 11) is -3.22. The van der Waals surface area contributed by atoms with Crippen LogP contribution in [0.25, 0.3) is 0 Å². The molecule has 1 aliphatic heterocycles. The summed E-state index contributed by atoms with van der Waals surface area (Å²) >= 11 is 0. The van der Waals surface area contributed by atoms with Gasteiger partial charge in [0.25, 0.3) is 5.91 Å². The van der Waals surface area contributed by atoms with Gasteiger partial charge in [0, 0.05) is 24.2 Å². The molecular weight excluding hydrogens is 374 g/mol. The molecule has 26 heavy (non-hydrogen) atoms. The molecule has 8 heteroatoms. The highest BCUT2D eigenvalue weighted by Gasteiger charge is 2.30. The zero-order valence-electron chi connectivity index (χ0n) is 15.9. The fraction of sp³-hybridized carbons (Fsp3) is 0.611. The van der Waals surface area contributed by atoms with Crippen molar-refractivity contribution in [1.82, 2.24) is 5.32 Å². The number of carbonyl (C=O) groups excluding carboxylic acids is 1. The summed E-state index contributed by atoms with van der Waals surface area (Å²) in [6.07, 6.45) is 1.42. The molecule has 0 spiro atoms. The number of rotatable bonds is 6. The first-order chi connectivity index (χ1) is 11.6. The van der Waals surface area contributed by atoms with E-state index in [0.717, 1.165) is 12.0 Å². The van der Waals surface area contributed by atoms with Crippen molar-refractivity contribution in [3.8, 4) is 0 Å². The van der Waals surface area contributed by atoms with Crippen LogP contribution in [0.4, 0.5) is 5.69 Å². The number of nitrogens with one attached hydrogen (secondary N) is 1. The number of halogens is 1. The van der Waals surface area contributed by atoms with E-state index < -0.39 is 15.6 Å². The minimum atomic E-state index is -3.22. The van der Waals surface area contributed by atoms with Crippen LogP contribution < -0.4 is 15.4 Å². The van der Waals surface area contributed by atoms with E-state index >= 15 is 0 Å². The van der Waals surface area contributed by atoms with Gasteiger partial charge in [0.1, 0.15) is 0 Å². The minimum Gasteiger partial charge on any atom is -0.346 e. The first-order valence-electron chi connectivity index (χ1n) is 8.71. The van der Waals surface area contributed by atoms with Gasteiger partial charge in [0.2, 0.25) is 10.0 Å². The number of hydrogen-bond donors (Lipinski definition) is 2. The summed E-state index contributed by atoms with van der Waals surface area (Å²) in [6.45, 7) is 8.81. The van der Waals surface area contributed by atoms with Crippen molar-refractivity contribution < 1.29 is 13.2 Å². The van der Waals surface area contributed by atoms with Gasteiger partial charge in [-0.2, -0.15) is 0 Å². The molecule has 0 aromatic heterocycles. The Balaban J connectivity index is 0.00000338. The molecule has 1 heterocycles. The summed E-state index contributed by atoms with van der Waals surface area (Å²) in [6, 6.07) is 5.16. The van der Waals surface area contributed by atoms with Crippen molar-refractivity contribution in [2.45, 2.75) is 46.1 Å². The zero-order chi connectivity index (χ0) is 18.8. The smallest absolute Gasteiger partial charge is 0.252 e. The molecule has 6 nitrogen and oxygen atoms in total. The molecule has 1 saturated heterocycles. The van der Waals surface area contributed by atoms with Gasteiger partial charge >= 0.3 is 0 Å². The van der Waals surface area contributed by atoms with Crippen LogP contribution in [0.1, 0.15) is 49.5 Å². The molecule has 1 aromatic carbocycles. The average Bonchev–Trinajstić information content (AvgIpc) is 2.85. The zero-order valence-corrected chi connectivity index (χ0v) is 17.5. The lowest BCUT2D eigenvalue weighted by molar-refractivity contribution is 0.0897. The number of anilines is 1. The Morgan fingerprint density at radius 3 is 2.50 bits per heavy atom. The van der Waals surface area contributed by atoms with E-state index in [4.69, 9.17) is 5.73 Å². The lowest BCUT2D eigenvalue weighted by atomic mass is 9.90. The molecule has 1 atom stereocenters. The summed E-state index contributed by atoms with van der Waals surface area (Å²) < 4.78 is 25.5. The van der Waals surface area contributed by atoms with E-state index in [2.05, 4.69) is 19.2 Å². The van der Waals surface area contributed by atoms with Crippen molar-refractivity contribution in [2.75, 3.05) is 23.1 Å². The Bertz CT molecular complexity index is 752. The second kappa shape index (κ2) is 8.59. The molecule has 1 fully saturated rings. The van der Waals surface area contributed by atoms with Gasteiger partial charge in [-0.1, -0.05) is 13.8 Å². The number of carbonyl (C=O) groups is 1. The van der Waals surface area contributed by atoms with Crippen molar-refractivity contribution in [3.63, 3.8) is 0 Å². The van der Waals surface area contributed by atoms with Crippen molar-refractivity contribution >= 4 is 34.0 Å². The van der Waals surface area contributed by atoms with Crippen LogP contribution >= 0.6 is 12.4 Å². The Kier molecular flexibility index (Phi) is 7.51. The largest absolute Gasteiger partial charge is 0.346 e. The lowest BCUT2D eigenvalue weighted by Gasteiger charge is -2.31. The van der Waals surface area contributed by atoms with E-state index in [-0.39, 0.29) is 24.1 Å². The van der Waals surface area contributed by atoms with Gasteiger partial charge in [0.15, 0.2) is 0 Å². The molecule has 0 saturated carbocycles. The van der Waals surface area contributed by atoms with Crippen molar-refractivity contribution in [1.29, 1.82) is 0 Å². The third kappa shape index (κ3) is 5.11. The molecule has 0 radical (unpaired) electrons. The Hall–Kier alpha value is -1.31. The van der Waals surface area contributed by atoms with Gasteiger partial charge in [0.05, 0.1) is 11.4 Å². The maximum atomic E-state index is 12.7. The SMILES string of the molecule is Cc1cc(N2CCCS2(=O)=O)ccc1C(=O)NC(C)(CN)CC(C)C.Cl. The maximum Gasteiger partial charge on any atom is 0.252 e. The molecule has 2 rings (SSSR count). The summed E-state index contributed by atoms with van der Waals surface area (Å²) in [4.78, 5) is 12.7. The monoisotopic (exact) mass is 403 g/mol. The van der Waals surface area contributed by atoms with Crippen LogP contribution in [-0.4, -0.2) is 38.7 Å². The Labute approximate surface area is 163 Å². The number of aryl methyl sites for hydroxylation is 1. The second-order valence-corrected chi connectivity index (χ2v) is 9.57. The number of sulfonamides is 1. The summed E-state index contributed by atoms with van der Waals surface area (Å²) in [5.41, 5.74) is 7.32. The lowest BCUT2D eigenvalue weighted by Crippen LogP contribution is -2.52. The van der Waals surface area contributed by atoms with E-state index in [0.29, 0.717) is 36.7 Å². The molecule has 1 unspecified atom stereocenters. The molecule has 1 amide bonds. The standard InChI is InChI=1S/C18H29N3O3S.ClH/c1-13(2)11-18(4,12-19)20-17(22)16-7-6-15(10-14(16)3)21-8-5-9-25(21,23)24;/h6-7,10,13H,5,8-9,11-12,19H2,1-4H3,(H,20,22);1H. The third-order valence-corrected chi connectivity index (χ3v) is 6.44. The van der Waals surface area contributed by atoms with Crippen molar-refractivity contribution in [2.24, 2.45) is 11.7 Å². The molecule has 3 N–H and O–H groups in total. The number of nitrogens with zero attached hydrogens (tertiary/aromatic N) is 1. The van der Waals surface area contributed by atoms with Crippen LogP contribution in [0.5, 0.6) is 0 Å². The van der Waals surface area contributed by atoms with Crippen LogP contribution in [0.2, 0.25) is 0 Å². The van der Waals surface area contributed by atoms with Crippen molar-refractivity contribution in [3.05, 3.63) is 29.3 Å². The number of nitrogens with two attached hydrogens (primary N) is 1. The molecule has 0 bridgehead atoms. The van der Waals surface area contributed by atoms with Crippen LogP contribution in [0.3, 0.4) is 0 Å². The van der Waals surface area contributed by atoms with Crippen LogP contribution in [0, 0.1) is 12.8 Å². The molecule has 0 aliphatic carbocycles. The topological polar surface area (TPSA) is 92.5 Å². The van der Waals surface area contributed by atoms with Gasteiger partial charge in [-0.3, -0.25) is 9.10 Å². The van der Waals surface area contributed by atoms with E-state index in [1.165, 1.54) is 4.31 Å². The van der Waals surface area contributed by atoms with E-state index in [9.17, 15) is 13.2 Å². The van der Waals surface area contributed by atoms with Gasteiger partial charge < -0.3 is 11.1 Å². The Morgan fingerprint density at radius 1 is 1.38 bits per heavy atom. The summed E-state index contributed by atoms with van der Waals surface area (Å²) in [5.74, 6) is 0.415. The van der Waals surface area contributed by atoms with Gasteiger partial charge in [-0.25, -0.2) is 8.42 Å². The number of benzene rings is 1. The fourth-order valence-electron chi connectivity index (χ4n) is 3.42. The predicted octanol–water partition coefficient (Wildman–Crippen LogP) is 2.45. The second-order valence-electron chi connectivity index (χ2n) is 7.56. The van der Waals surface area contributed by atoms with Crippen LogP contribution in [0.15, 0.2) is 18.2 Å². The Morgan fingerprint density at radius 2 is 2.04 bits per heavy atom. The minimum absolute atomic E-state index is 0. The highest BCUT2D eigenvalue weighted by atomic mass is 35.5. The first-order valence-corrected chi connectivity index (χ1v) is 10.3. The van der Waals surface area contributed by atoms with Gasteiger partial charge in [-0.15, -0.1) is 12.4 Å². The predicted molar refractivity (Wildman–Crippen MR) is 109 cm³/mol. The fourth-order valence-corrected chi connectivity index (χ4v) is 4.97. The molecule has 1 aliphatic rings. The highest BCUT2D eigenvalue weighted by Crippen LogP contribution is 2.26. The highest BCUT2D eigenvalue weighted by molar-refractivity contribution is 7.93. The normalized spacial score (nSPS) is 18.3. The van der Waals surface area contributed by atoms with E-state index in [1.54, 1.807) is 18.2 Å². The van der Waals surface area contributed by atoms with Crippen LogP contribution in [-0.2, 0) is 10.0 Å². The first kappa shape index (κ1) is 22.7. The van der Waals surface area contributed by atoms with E-state index in [1.807, 2.05) is 13.8 Å². The number of hydrogen-bond acceptors (Lipinski definition) is 4. The number of amides is 1. The summed E-state index contributed by atoms with van der Waals surface area (Å²) in [5, 5.41) is 3.04. The third-order valence-electron chi connectivity index (χ3n) is 4.57. The van der Waals surface area contributed by atoms with Gasteiger partial charge in [-0.05, 0) is 56.4 Å².